The van der Waals surface area contributed by atoms with Crippen molar-refractivity contribution < 1.29 is 0 Å². The van der Waals surface area contributed by atoms with E-state index in [4.69, 9.17) is 0 Å². The standard InChI is InChI=1S/C20H25N7/c1-13-22-16-10-21-9-8-15(16)19(23-13)26(5)14-11-27(12-14)18-7-6-17(24-25-18)20(2,3)4/h6-10,14H,11-12H2,1-5H3. The zero-order chi connectivity index (χ0) is 19.2. The average molecular weight is 363 g/mol. The number of rotatable bonds is 3. The van der Waals surface area contributed by atoms with Gasteiger partial charge in [0.2, 0.25) is 0 Å². The molecule has 1 fully saturated rings. The molecule has 0 radical (unpaired) electrons. The lowest BCUT2D eigenvalue weighted by Gasteiger charge is -2.45. The highest BCUT2D eigenvalue weighted by molar-refractivity contribution is 5.89. The van der Waals surface area contributed by atoms with Crippen molar-refractivity contribution in [2.24, 2.45) is 0 Å². The van der Waals surface area contributed by atoms with Gasteiger partial charge in [0.05, 0.1) is 23.4 Å². The molecule has 4 heterocycles. The van der Waals surface area contributed by atoms with Crippen molar-refractivity contribution in [1.82, 2.24) is 25.1 Å². The molecule has 0 saturated carbocycles. The summed E-state index contributed by atoms with van der Waals surface area (Å²) in [6.45, 7) is 10.2. The second-order valence-electron chi connectivity index (χ2n) is 8.18. The number of likely N-dealkylation sites (N-methyl/N-ethyl adjacent to an activating group) is 1. The highest BCUT2D eigenvalue weighted by atomic mass is 15.4. The Morgan fingerprint density at radius 2 is 1.85 bits per heavy atom. The fourth-order valence-corrected chi connectivity index (χ4v) is 3.30. The Hall–Kier alpha value is -2.83. The quantitative estimate of drug-likeness (QED) is 0.708. The van der Waals surface area contributed by atoms with Gasteiger partial charge in [-0.15, -0.1) is 5.10 Å². The molecule has 0 aliphatic carbocycles. The van der Waals surface area contributed by atoms with Crippen LogP contribution in [0.5, 0.6) is 0 Å². The maximum absolute atomic E-state index is 4.68. The smallest absolute Gasteiger partial charge is 0.151 e. The molecule has 0 bridgehead atoms. The van der Waals surface area contributed by atoms with Crippen LogP contribution in [-0.4, -0.2) is 51.3 Å². The fourth-order valence-electron chi connectivity index (χ4n) is 3.30. The molecular formula is C20H25N7. The molecule has 7 nitrogen and oxygen atoms in total. The number of aryl methyl sites for hydroxylation is 1. The van der Waals surface area contributed by atoms with E-state index in [1.807, 2.05) is 13.0 Å². The van der Waals surface area contributed by atoms with Gasteiger partial charge in [-0.25, -0.2) is 9.97 Å². The van der Waals surface area contributed by atoms with E-state index in [9.17, 15) is 0 Å². The van der Waals surface area contributed by atoms with Gasteiger partial charge in [-0.3, -0.25) is 4.98 Å². The lowest BCUT2D eigenvalue weighted by molar-refractivity contribution is 0.485. The van der Waals surface area contributed by atoms with E-state index in [0.717, 1.165) is 47.1 Å². The van der Waals surface area contributed by atoms with Crippen LogP contribution in [0.15, 0.2) is 30.6 Å². The second-order valence-corrected chi connectivity index (χ2v) is 8.18. The molecule has 3 aromatic rings. The molecule has 27 heavy (non-hydrogen) atoms. The van der Waals surface area contributed by atoms with E-state index in [-0.39, 0.29) is 5.41 Å². The van der Waals surface area contributed by atoms with E-state index < -0.39 is 0 Å². The van der Waals surface area contributed by atoms with Crippen molar-refractivity contribution >= 4 is 22.5 Å². The van der Waals surface area contributed by atoms with Crippen LogP contribution in [0.2, 0.25) is 0 Å². The Labute approximate surface area is 159 Å². The number of pyridine rings is 1. The van der Waals surface area contributed by atoms with Gasteiger partial charge in [0.15, 0.2) is 5.82 Å². The Morgan fingerprint density at radius 3 is 2.52 bits per heavy atom. The highest BCUT2D eigenvalue weighted by Gasteiger charge is 2.33. The molecule has 1 aliphatic heterocycles. The lowest BCUT2D eigenvalue weighted by atomic mass is 9.92. The number of fused-ring (bicyclic) bond motifs is 1. The minimum Gasteiger partial charge on any atom is -0.352 e. The number of nitrogens with zero attached hydrogens (tertiary/aromatic N) is 7. The molecule has 0 N–H and O–H groups in total. The molecule has 1 saturated heterocycles. The molecular weight excluding hydrogens is 338 g/mol. The van der Waals surface area contributed by atoms with Gasteiger partial charge in [-0.05, 0) is 25.1 Å². The van der Waals surface area contributed by atoms with Crippen LogP contribution in [0.25, 0.3) is 10.9 Å². The Bertz CT molecular complexity index is 956. The van der Waals surface area contributed by atoms with Gasteiger partial charge in [0.25, 0.3) is 0 Å². The predicted molar refractivity (Wildman–Crippen MR) is 107 cm³/mol. The van der Waals surface area contributed by atoms with Gasteiger partial charge in [-0.1, -0.05) is 20.8 Å². The first-order valence-corrected chi connectivity index (χ1v) is 9.23. The van der Waals surface area contributed by atoms with Crippen LogP contribution in [0.1, 0.15) is 32.3 Å². The summed E-state index contributed by atoms with van der Waals surface area (Å²) in [7, 11) is 2.10. The first kappa shape index (κ1) is 17.6. The van der Waals surface area contributed by atoms with Crippen LogP contribution >= 0.6 is 0 Å². The first-order valence-electron chi connectivity index (χ1n) is 9.23. The van der Waals surface area contributed by atoms with Crippen molar-refractivity contribution in [3.05, 3.63) is 42.1 Å². The SMILES string of the molecule is Cc1nc(N(C)C2CN(c3ccc(C(C)(C)C)nn3)C2)c2ccncc2n1. The van der Waals surface area contributed by atoms with Crippen molar-refractivity contribution in [2.75, 3.05) is 29.9 Å². The second kappa shape index (κ2) is 6.40. The van der Waals surface area contributed by atoms with Gasteiger partial charge in [-0.2, -0.15) is 5.10 Å². The van der Waals surface area contributed by atoms with Crippen molar-refractivity contribution in [3.63, 3.8) is 0 Å². The monoisotopic (exact) mass is 363 g/mol. The Balaban J connectivity index is 1.50. The summed E-state index contributed by atoms with van der Waals surface area (Å²) in [6.07, 6.45) is 3.58. The summed E-state index contributed by atoms with van der Waals surface area (Å²) in [4.78, 5) is 17.8. The third-order valence-electron chi connectivity index (χ3n) is 5.08. The van der Waals surface area contributed by atoms with Crippen molar-refractivity contribution in [1.29, 1.82) is 0 Å². The van der Waals surface area contributed by atoms with Crippen LogP contribution in [0, 0.1) is 6.92 Å². The average Bonchev–Trinajstić information content (AvgIpc) is 2.59. The van der Waals surface area contributed by atoms with Gasteiger partial charge < -0.3 is 9.80 Å². The minimum absolute atomic E-state index is 0.0179. The van der Waals surface area contributed by atoms with E-state index in [1.54, 1.807) is 12.4 Å². The summed E-state index contributed by atoms with van der Waals surface area (Å²) >= 11 is 0. The van der Waals surface area contributed by atoms with E-state index in [0.29, 0.717) is 6.04 Å². The summed E-state index contributed by atoms with van der Waals surface area (Å²) < 4.78 is 0. The molecule has 0 atom stereocenters. The molecule has 140 valence electrons. The summed E-state index contributed by atoms with van der Waals surface area (Å²) in [6, 6.07) is 6.50. The van der Waals surface area contributed by atoms with Gasteiger partial charge >= 0.3 is 0 Å². The van der Waals surface area contributed by atoms with Crippen LogP contribution < -0.4 is 9.80 Å². The summed E-state index contributed by atoms with van der Waals surface area (Å²) in [5.74, 6) is 2.65. The van der Waals surface area contributed by atoms with Crippen molar-refractivity contribution in [3.8, 4) is 0 Å². The third kappa shape index (κ3) is 3.29. The summed E-state index contributed by atoms with van der Waals surface area (Å²) in [5, 5.41) is 9.86. The molecule has 0 unspecified atom stereocenters. The normalized spacial score (nSPS) is 15.1. The number of aromatic nitrogens is 5. The fraction of sp³-hybridized carbons (Fsp3) is 0.450. The minimum atomic E-state index is 0.0179. The molecule has 7 heteroatoms. The molecule has 4 rings (SSSR count). The van der Waals surface area contributed by atoms with Gasteiger partial charge in [0, 0.05) is 37.1 Å². The van der Waals surface area contributed by atoms with Crippen LogP contribution in [0.3, 0.4) is 0 Å². The lowest BCUT2D eigenvalue weighted by Crippen LogP contribution is -2.59. The Kier molecular flexibility index (Phi) is 4.17. The van der Waals surface area contributed by atoms with E-state index >= 15 is 0 Å². The zero-order valence-corrected chi connectivity index (χ0v) is 16.5. The maximum Gasteiger partial charge on any atom is 0.151 e. The molecule has 0 aromatic carbocycles. The highest BCUT2D eigenvalue weighted by Crippen LogP contribution is 2.29. The predicted octanol–water partition coefficient (Wildman–Crippen LogP) is 2.75. The van der Waals surface area contributed by atoms with Gasteiger partial charge in [0.1, 0.15) is 11.6 Å². The number of hydrogen-bond acceptors (Lipinski definition) is 7. The molecule has 3 aromatic heterocycles. The first-order chi connectivity index (χ1) is 12.8. The maximum atomic E-state index is 4.68. The van der Waals surface area contributed by atoms with E-state index in [2.05, 4.69) is 74.9 Å². The van der Waals surface area contributed by atoms with Crippen LogP contribution in [0.4, 0.5) is 11.6 Å². The molecule has 1 aliphatic rings. The zero-order valence-electron chi connectivity index (χ0n) is 16.5. The van der Waals surface area contributed by atoms with Crippen LogP contribution in [-0.2, 0) is 5.41 Å². The molecule has 0 spiro atoms. The largest absolute Gasteiger partial charge is 0.352 e. The van der Waals surface area contributed by atoms with Crippen molar-refractivity contribution in [2.45, 2.75) is 39.2 Å². The van der Waals surface area contributed by atoms with E-state index in [1.165, 1.54) is 0 Å². The topological polar surface area (TPSA) is 70.9 Å². The molecule has 0 amide bonds. The third-order valence-corrected chi connectivity index (χ3v) is 5.08. The number of hydrogen-bond donors (Lipinski definition) is 0. The summed E-state index contributed by atoms with van der Waals surface area (Å²) in [5.41, 5.74) is 1.91. The number of anilines is 2. The Morgan fingerprint density at radius 1 is 1.07 bits per heavy atom.